The van der Waals surface area contributed by atoms with Gasteiger partial charge >= 0.3 is 0 Å². The van der Waals surface area contributed by atoms with Crippen LogP contribution in [0.15, 0.2) is 35.5 Å². The van der Waals surface area contributed by atoms with Gasteiger partial charge in [0.1, 0.15) is 0 Å². The zero-order chi connectivity index (χ0) is 16.4. The number of Topliss-reactive ketones (excluding diaryl/α,β-unsaturated/α-hetero) is 1. The standard InChI is InChI=1S/C21H26O2/c1-4-16-19(23)12-18-15-6-5-13-11-14(22)7-9-20(13,2)17(15)8-10-21(16,18)3/h4,7,9,11,15,17-18H,5-6,8,10,12H2,1-3H3. The van der Waals surface area contributed by atoms with Crippen molar-refractivity contribution < 1.29 is 9.59 Å². The van der Waals surface area contributed by atoms with Gasteiger partial charge in [0.05, 0.1) is 0 Å². The number of rotatable bonds is 0. The number of carbonyl (C=O) groups excluding carboxylic acids is 2. The van der Waals surface area contributed by atoms with Crippen molar-refractivity contribution in [1.82, 2.24) is 0 Å². The van der Waals surface area contributed by atoms with E-state index in [0.29, 0.717) is 23.5 Å². The molecule has 0 spiro atoms. The Hall–Kier alpha value is -1.44. The van der Waals surface area contributed by atoms with Crippen LogP contribution in [0.5, 0.6) is 0 Å². The highest BCUT2D eigenvalue weighted by Crippen LogP contribution is 2.65. The van der Waals surface area contributed by atoms with Gasteiger partial charge in [-0.3, -0.25) is 9.59 Å². The Balaban J connectivity index is 1.73. The van der Waals surface area contributed by atoms with Crippen molar-refractivity contribution in [2.45, 2.75) is 52.9 Å². The molecule has 2 heteroatoms. The quantitative estimate of drug-likeness (QED) is 0.621. The van der Waals surface area contributed by atoms with Crippen LogP contribution in [-0.2, 0) is 9.59 Å². The second-order valence-electron chi connectivity index (χ2n) is 8.39. The average molecular weight is 310 g/mol. The summed E-state index contributed by atoms with van der Waals surface area (Å²) >= 11 is 0. The molecule has 0 aromatic carbocycles. The van der Waals surface area contributed by atoms with E-state index in [2.05, 4.69) is 26.0 Å². The molecular weight excluding hydrogens is 284 g/mol. The predicted octanol–water partition coefficient (Wildman–Crippen LogP) is 4.42. The molecule has 0 amide bonds. The summed E-state index contributed by atoms with van der Waals surface area (Å²) in [6, 6.07) is 0. The molecule has 0 N–H and O–H groups in total. The van der Waals surface area contributed by atoms with E-state index in [4.69, 9.17) is 0 Å². The first-order valence-corrected chi connectivity index (χ1v) is 9.04. The molecule has 0 saturated heterocycles. The van der Waals surface area contributed by atoms with Gasteiger partial charge in [-0.05, 0) is 73.5 Å². The summed E-state index contributed by atoms with van der Waals surface area (Å²) in [6.45, 7) is 6.65. The fourth-order valence-corrected chi connectivity index (χ4v) is 6.35. The van der Waals surface area contributed by atoms with Crippen molar-refractivity contribution in [3.8, 4) is 0 Å². The summed E-state index contributed by atoms with van der Waals surface area (Å²) in [6.07, 6.45) is 13.0. The van der Waals surface area contributed by atoms with E-state index >= 15 is 0 Å². The smallest absolute Gasteiger partial charge is 0.178 e. The van der Waals surface area contributed by atoms with Gasteiger partial charge in [-0.15, -0.1) is 0 Å². The van der Waals surface area contributed by atoms with Crippen LogP contribution in [0, 0.1) is 28.6 Å². The van der Waals surface area contributed by atoms with Crippen LogP contribution >= 0.6 is 0 Å². The van der Waals surface area contributed by atoms with Gasteiger partial charge in [-0.1, -0.05) is 31.6 Å². The maximum Gasteiger partial charge on any atom is 0.178 e. The Labute approximate surface area is 138 Å². The molecule has 4 rings (SSSR count). The lowest BCUT2D eigenvalue weighted by Gasteiger charge is -2.56. The zero-order valence-corrected chi connectivity index (χ0v) is 14.4. The molecule has 23 heavy (non-hydrogen) atoms. The highest BCUT2D eigenvalue weighted by Gasteiger charge is 2.58. The van der Waals surface area contributed by atoms with Crippen molar-refractivity contribution >= 4 is 11.6 Å². The van der Waals surface area contributed by atoms with Gasteiger partial charge < -0.3 is 0 Å². The van der Waals surface area contributed by atoms with E-state index in [1.54, 1.807) is 6.08 Å². The summed E-state index contributed by atoms with van der Waals surface area (Å²) in [4.78, 5) is 24.3. The van der Waals surface area contributed by atoms with Gasteiger partial charge in [-0.2, -0.15) is 0 Å². The molecule has 0 heterocycles. The van der Waals surface area contributed by atoms with Crippen LogP contribution in [0.2, 0.25) is 0 Å². The minimum absolute atomic E-state index is 0.0277. The molecule has 0 aromatic rings. The van der Waals surface area contributed by atoms with Crippen LogP contribution in [0.25, 0.3) is 0 Å². The number of hydrogen-bond donors (Lipinski definition) is 0. The topological polar surface area (TPSA) is 34.1 Å². The van der Waals surface area contributed by atoms with Crippen molar-refractivity contribution in [3.05, 3.63) is 35.5 Å². The van der Waals surface area contributed by atoms with E-state index in [9.17, 15) is 9.59 Å². The fraction of sp³-hybridized carbons (Fsp3) is 0.619. The van der Waals surface area contributed by atoms with Gasteiger partial charge in [0.15, 0.2) is 11.6 Å². The lowest BCUT2D eigenvalue weighted by molar-refractivity contribution is -0.115. The molecule has 122 valence electrons. The molecule has 2 nitrogen and oxygen atoms in total. The SMILES string of the molecule is CC=C1C(=O)CC2C3CCC4=CC(=O)C=CC4(C)C3CCC12C. The number of fused-ring (bicyclic) bond motifs is 5. The van der Waals surface area contributed by atoms with E-state index in [1.165, 1.54) is 5.57 Å². The summed E-state index contributed by atoms with van der Waals surface area (Å²) in [7, 11) is 0. The molecule has 0 aliphatic heterocycles. The minimum atomic E-state index is 0.0277. The maximum absolute atomic E-state index is 12.5. The van der Waals surface area contributed by atoms with Crippen molar-refractivity contribution in [3.63, 3.8) is 0 Å². The Kier molecular flexibility index (Phi) is 3.14. The fourth-order valence-electron chi connectivity index (χ4n) is 6.35. The molecule has 0 aromatic heterocycles. The minimum Gasteiger partial charge on any atom is -0.295 e. The molecule has 0 bridgehead atoms. The van der Waals surface area contributed by atoms with E-state index in [-0.39, 0.29) is 16.6 Å². The highest BCUT2D eigenvalue weighted by molar-refractivity contribution is 6.01. The summed E-state index contributed by atoms with van der Waals surface area (Å²) in [5, 5.41) is 0. The third kappa shape index (κ3) is 1.87. The Morgan fingerprint density at radius 1 is 1.17 bits per heavy atom. The van der Waals surface area contributed by atoms with Gasteiger partial charge in [0.2, 0.25) is 0 Å². The average Bonchev–Trinajstić information content (AvgIpc) is 2.77. The first-order valence-electron chi connectivity index (χ1n) is 9.04. The van der Waals surface area contributed by atoms with E-state index < -0.39 is 0 Å². The second-order valence-corrected chi connectivity index (χ2v) is 8.39. The molecule has 0 radical (unpaired) electrons. The normalized spacial score (nSPS) is 47.2. The first-order chi connectivity index (χ1) is 10.9. The lowest BCUT2D eigenvalue weighted by Crippen LogP contribution is -2.48. The van der Waals surface area contributed by atoms with Gasteiger partial charge in [-0.25, -0.2) is 0 Å². The van der Waals surface area contributed by atoms with Gasteiger partial charge in [0.25, 0.3) is 0 Å². The molecule has 4 aliphatic carbocycles. The van der Waals surface area contributed by atoms with Crippen LogP contribution in [0.3, 0.4) is 0 Å². The Morgan fingerprint density at radius 3 is 2.70 bits per heavy atom. The molecule has 5 atom stereocenters. The largest absolute Gasteiger partial charge is 0.295 e. The van der Waals surface area contributed by atoms with Gasteiger partial charge in [0, 0.05) is 11.8 Å². The van der Waals surface area contributed by atoms with Crippen molar-refractivity contribution in [2.24, 2.45) is 28.6 Å². The van der Waals surface area contributed by atoms with E-state index in [1.807, 2.05) is 13.0 Å². The molecule has 4 aliphatic rings. The Morgan fingerprint density at radius 2 is 1.96 bits per heavy atom. The predicted molar refractivity (Wildman–Crippen MR) is 90.8 cm³/mol. The summed E-state index contributed by atoms with van der Waals surface area (Å²) in [5.74, 6) is 2.19. The second kappa shape index (κ2) is 4.78. The lowest BCUT2D eigenvalue weighted by atomic mass is 9.48. The molecule has 3 fully saturated rings. The molecule has 3 saturated carbocycles. The number of ketones is 2. The van der Waals surface area contributed by atoms with E-state index in [0.717, 1.165) is 37.7 Å². The monoisotopic (exact) mass is 310 g/mol. The number of allylic oxidation sites excluding steroid dienone is 6. The summed E-state index contributed by atoms with van der Waals surface area (Å²) < 4.78 is 0. The third-order valence-electron chi connectivity index (χ3n) is 7.56. The van der Waals surface area contributed by atoms with Crippen LogP contribution in [-0.4, -0.2) is 11.6 Å². The van der Waals surface area contributed by atoms with Crippen LogP contribution < -0.4 is 0 Å². The maximum atomic E-state index is 12.5. The zero-order valence-electron chi connectivity index (χ0n) is 14.4. The molecule has 5 unspecified atom stereocenters. The third-order valence-corrected chi connectivity index (χ3v) is 7.56. The molecular formula is C21H26O2. The number of carbonyl (C=O) groups is 2. The van der Waals surface area contributed by atoms with Crippen LogP contribution in [0.4, 0.5) is 0 Å². The van der Waals surface area contributed by atoms with Crippen LogP contribution in [0.1, 0.15) is 52.9 Å². The number of hydrogen-bond acceptors (Lipinski definition) is 2. The highest BCUT2D eigenvalue weighted by atomic mass is 16.1. The van der Waals surface area contributed by atoms with Crippen molar-refractivity contribution in [2.75, 3.05) is 0 Å². The first kappa shape index (κ1) is 15.1. The van der Waals surface area contributed by atoms with Crippen molar-refractivity contribution in [1.29, 1.82) is 0 Å². The summed E-state index contributed by atoms with van der Waals surface area (Å²) in [5.41, 5.74) is 2.52. The Bertz CT molecular complexity index is 680.